The quantitative estimate of drug-likeness (QED) is 0.915. The summed E-state index contributed by atoms with van der Waals surface area (Å²) in [4.78, 5) is 21.4. The molecule has 1 aromatic heterocycles. The highest BCUT2D eigenvalue weighted by Crippen LogP contribution is 2.35. The molecule has 0 bridgehead atoms. The summed E-state index contributed by atoms with van der Waals surface area (Å²) in [6.45, 7) is 6.04. The summed E-state index contributed by atoms with van der Waals surface area (Å²) in [7, 11) is 0. The lowest BCUT2D eigenvalue weighted by Gasteiger charge is -2.24. The van der Waals surface area contributed by atoms with Crippen LogP contribution in [-0.4, -0.2) is 27.5 Å². The molecule has 25 heavy (non-hydrogen) atoms. The highest BCUT2D eigenvalue weighted by molar-refractivity contribution is 5.94. The molecular weight excluding hydrogens is 314 g/mol. The van der Waals surface area contributed by atoms with E-state index in [1.54, 1.807) is 0 Å². The van der Waals surface area contributed by atoms with Crippen LogP contribution in [0.2, 0.25) is 0 Å². The third-order valence-electron chi connectivity index (χ3n) is 4.93. The number of carbonyl (C=O) groups is 1. The molecule has 130 valence electrons. The van der Waals surface area contributed by atoms with Crippen LogP contribution in [0.5, 0.6) is 5.75 Å². The number of benzene rings is 1. The maximum atomic E-state index is 12.7. The predicted octanol–water partition coefficient (Wildman–Crippen LogP) is 2.79. The van der Waals surface area contributed by atoms with Gasteiger partial charge >= 0.3 is 0 Å². The Kier molecular flexibility index (Phi) is 3.74. The van der Waals surface area contributed by atoms with Gasteiger partial charge in [0, 0.05) is 29.9 Å². The summed E-state index contributed by atoms with van der Waals surface area (Å²) < 4.78 is 5.88. The summed E-state index contributed by atoms with van der Waals surface area (Å²) in [5.74, 6) is 1.68. The van der Waals surface area contributed by atoms with Crippen molar-refractivity contribution >= 4 is 5.91 Å². The van der Waals surface area contributed by atoms with Gasteiger partial charge in [0.1, 0.15) is 17.2 Å². The number of hydrogen-bond acceptors (Lipinski definition) is 4. The number of rotatable bonds is 2. The van der Waals surface area contributed by atoms with E-state index >= 15 is 0 Å². The van der Waals surface area contributed by atoms with Crippen molar-refractivity contribution < 1.29 is 9.53 Å². The SMILES string of the molecule is Cc1ncc2c(n1)CCC(NC(=O)c1ccc3c(c1)CC(C)(C)O3)C2. The Morgan fingerprint density at radius 3 is 3.00 bits per heavy atom. The second-order valence-electron chi connectivity index (χ2n) is 7.66. The maximum Gasteiger partial charge on any atom is 0.251 e. The third kappa shape index (κ3) is 3.23. The van der Waals surface area contributed by atoms with Gasteiger partial charge in [-0.1, -0.05) is 0 Å². The standard InChI is InChI=1S/C20H23N3O2/c1-12-21-11-15-9-16(5-6-17(15)22-12)23-19(24)13-4-7-18-14(8-13)10-20(2,3)25-18/h4,7-8,11,16H,5-6,9-10H2,1-3H3,(H,23,24). The molecule has 1 amide bonds. The van der Waals surface area contributed by atoms with E-state index in [-0.39, 0.29) is 17.6 Å². The average Bonchev–Trinajstić information content (AvgIpc) is 2.87. The van der Waals surface area contributed by atoms with Crippen LogP contribution in [0.15, 0.2) is 24.4 Å². The third-order valence-corrected chi connectivity index (χ3v) is 4.93. The van der Waals surface area contributed by atoms with Crippen molar-refractivity contribution in [1.29, 1.82) is 0 Å². The second kappa shape index (κ2) is 5.83. The van der Waals surface area contributed by atoms with E-state index in [0.717, 1.165) is 54.1 Å². The molecule has 2 aromatic rings. The largest absolute Gasteiger partial charge is 0.487 e. The zero-order valence-electron chi connectivity index (χ0n) is 14.9. The molecule has 0 fully saturated rings. The van der Waals surface area contributed by atoms with Gasteiger partial charge in [-0.3, -0.25) is 4.79 Å². The minimum Gasteiger partial charge on any atom is -0.487 e. The Morgan fingerprint density at radius 1 is 1.32 bits per heavy atom. The van der Waals surface area contributed by atoms with Crippen LogP contribution < -0.4 is 10.1 Å². The monoisotopic (exact) mass is 337 g/mol. The highest BCUT2D eigenvalue weighted by Gasteiger charge is 2.30. The molecule has 1 N–H and O–H groups in total. The van der Waals surface area contributed by atoms with E-state index in [1.165, 1.54) is 0 Å². The number of hydrogen-bond donors (Lipinski definition) is 1. The van der Waals surface area contributed by atoms with E-state index in [1.807, 2.05) is 31.3 Å². The maximum absolute atomic E-state index is 12.7. The van der Waals surface area contributed by atoms with Crippen LogP contribution in [0, 0.1) is 6.92 Å². The summed E-state index contributed by atoms with van der Waals surface area (Å²) >= 11 is 0. The smallest absolute Gasteiger partial charge is 0.251 e. The zero-order valence-corrected chi connectivity index (χ0v) is 14.9. The van der Waals surface area contributed by atoms with Crippen molar-refractivity contribution in [2.45, 2.75) is 58.1 Å². The number of ether oxygens (including phenoxy) is 1. The number of amides is 1. The van der Waals surface area contributed by atoms with Gasteiger partial charge < -0.3 is 10.1 Å². The van der Waals surface area contributed by atoms with E-state index in [9.17, 15) is 4.79 Å². The molecule has 1 atom stereocenters. The van der Waals surface area contributed by atoms with E-state index in [0.29, 0.717) is 5.56 Å². The molecule has 1 unspecified atom stereocenters. The van der Waals surface area contributed by atoms with Crippen LogP contribution in [0.3, 0.4) is 0 Å². The Labute approximate surface area is 147 Å². The molecule has 0 radical (unpaired) electrons. The lowest BCUT2D eigenvalue weighted by atomic mass is 9.92. The fraction of sp³-hybridized carbons (Fsp3) is 0.450. The van der Waals surface area contributed by atoms with Crippen LogP contribution in [-0.2, 0) is 19.3 Å². The van der Waals surface area contributed by atoms with Gasteiger partial charge in [-0.05, 0) is 69.4 Å². The van der Waals surface area contributed by atoms with Crippen molar-refractivity contribution in [2.75, 3.05) is 0 Å². The van der Waals surface area contributed by atoms with Crippen LogP contribution in [0.25, 0.3) is 0 Å². The first-order valence-electron chi connectivity index (χ1n) is 8.84. The van der Waals surface area contributed by atoms with Crippen LogP contribution in [0.4, 0.5) is 0 Å². The molecule has 0 saturated heterocycles. The van der Waals surface area contributed by atoms with E-state index < -0.39 is 0 Å². The molecule has 0 saturated carbocycles. The molecule has 2 heterocycles. The molecular formula is C20H23N3O2. The Bertz CT molecular complexity index is 845. The summed E-state index contributed by atoms with van der Waals surface area (Å²) in [6, 6.07) is 5.85. The van der Waals surface area contributed by atoms with Crippen molar-refractivity contribution in [2.24, 2.45) is 0 Å². The lowest BCUT2D eigenvalue weighted by Crippen LogP contribution is -2.39. The first kappa shape index (κ1) is 16.1. The van der Waals surface area contributed by atoms with Gasteiger partial charge in [0.2, 0.25) is 0 Å². The van der Waals surface area contributed by atoms with Gasteiger partial charge in [0.05, 0.1) is 0 Å². The fourth-order valence-corrected chi connectivity index (χ4v) is 3.75. The number of carbonyl (C=O) groups excluding carboxylic acids is 1. The van der Waals surface area contributed by atoms with Gasteiger partial charge in [0.25, 0.3) is 5.91 Å². The summed E-state index contributed by atoms with van der Waals surface area (Å²) in [5.41, 5.74) is 3.88. The van der Waals surface area contributed by atoms with Crippen molar-refractivity contribution in [1.82, 2.24) is 15.3 Å². The summed E-state index contributed by atoms with van der Waals surface area (Å²) in [6.07, 6.45) is 5.32. The fourth-order valence-electron chi connectivity index (χ4n) is 3.75. The lowest BCUT2D eigenvalue weighted by molar-refractivity contribution is 0.0933. The Balaban J connectivity index is 1.46. The molecule has 1 aromatic carbocycles. The Morgan fingerprint density at radius 2 is 2.16 bits per heavy atom. The normalized spacial score (nSPS) is 20.4. The number of nitrogens with one attached hydrogen (secondary N) is 1. The topological polar surface area (TPSA) is 64.1 Å². The molecule has 0 spiro atoms. The number of fused-ring (bicyclic) bond motifs is 2. The zero-order chi connectivity index (χ0) is 17.6. The second-order valence-corrected chi connectivity index (χ2v) is 7.66. The highest BCUT2D eigenvalue weighted by atomic mass is 16.5. The number of aryl methyl sites for hydroxylation is 2. The van der Waals surface area contributed by atoms with Crippen molar-refractivity contribution in [3.8, 4) is 5.75 Å². The molecule has 1 aliphatic carbocycles. The predicted molar refractivity (Wildman–Crippen MR) is 94.9 cm³/mol. The van der Waals surface area contributed by atoms with Gasteiger partial charge in [-0.2, -0.15) is 0 Å². The minimum absolute atomic E-state index is 0.0195. The minimum atomic E-state index is -0.192. The summed E-state index contributed by atoms with van der Waals surface area (Å²) in [5, 5.41) is 3.17. The van der Waals surface area contributed by atoms with Crippen LogP contribution >= 0.6 is 0 Å². The molecule has 2 aliphatic rings. The van der Waals surface area contributed by atoms with Crippen molar-refractivity contribution in [3.63, 3.8) is 0 Å². The Hall–Kier alpha value is -2.43. The molecule has 5 nitrogen and oxygen atoms in total. The van der Waals surface area contributed by atoms with Gasteiger partial charge in [0.15, 0.2) is 0 Å². The molecule has 4 rings (SSSR count). The van der Waals surface area contributed by atoms with Gasteiger partial charge in [-0.25, -0.2) is 9.97 Å². The van der Waals surface area contributed by atoms with Gasteiger partial charge in [-0.15, -0.1) is 0 Å². The van der Waals surface area contributed by atoms with E-state index in [4.69, 9.17) is 4.74 Å². The number of nitrogens with zero attached hydrogens (tertiary/aromatic N) is 2. The average molecular weight is 337 g/mol. The first-order valence-corrected chi connectivity index (χ1v) is 8.84. The molecule has 5 heteroatoms. The molecule has 1 aliphatic heterocycles. The number of aromatic nitrogens is 2. The van der Waals surface area contributed by atoms with E-state index in [2.05, 4.69) is 29.1 Å². The van der Waals surface area contributed by atoms with Crippen molar-refractivity contribution in [3.05, 3.63) is 52.6 Å². The first-order chi connectivity index (χ1) is 11.9. The van der Waals surface area contributed by atoms with Crippen LogP contribution in [0.1, 0.15) is 53.3 Å².